The average Bonchev–Trinajstić information content (AvgIpc) is 2.50. The molecule has 0 atom stereocenters. The van der Waals surface area contributed by atoms with Crippen molar-refractivity contribution in [1.29, 1.82) is 0 Å². The molecule has 0 amide bonds. The summed E-state index contributed by atoms with van der Waals surface area (Å²) in [4.78, 5) is 4.22. The van der Waals surface area contributed by atoms with E-state index in [0.717, 1.165) is 11.9 Å². The molecule has 11 heavy (non-hydrogen) atoms. The van der Waals surface area contributed by atoms with Gasteiger partial charge in [0.1, 0.15) is 0 Å². The Morgan fingerprint density at radius 3 is 3.18 bits per heavy atom. The van der Waals surface area contributed by atoms with Crippen LogP contribution in [-0.4, -0.2) is 4.98 Å². The lowest BCUT2D eigenvalue weighted by atomic mass is 10.2. The number of fused-ring (bicyclic) bond motifs is 1. The van der Waals surface area contributed by atoms with Gasteiger partial charge in [0.2, 0.25) is 0 Å². The van der Waals surface area contributed by atoms with Gasteiger partial charge in [0.15, 0.2) is 0 Å². The quantitative estimate of drug-likeness (QED) is 0.628. The van der Waals surface area contributed by atoms with Crippen molar-refractivity contribution >= 4 is 21.6 Å². The Morgan fingerprint density at radius 1 is 1.45 bits per heavy atom. The minimum absolute atomic E-state index is 0.841. The Kier molecular flexibility index (Phi) is 1.62. The molecule has 0 bridgehead atoms. The predicted octanol–water partition coefficient (Wildman–Crippen LogP) is 2.67. The van der Waals surface area contributed by atoms with Gasteiger partial charge in [-0.05, 0) is 31.0 Å². The van der Waals surface area contributed by atoms with E-state index in [0.29, 0.717) is 0 Å². The van der Waals surface area contributed by atoms with Gasteiger partial charge in [-0.15, -0.1) is 11.3 Å². The highest BCUT2D eigenvalue weighted by atomic mass is 32.1. The zero-order valence-corrected chi connectivity index (χ0v) is 6.90. The van der Waals surface area contributed by atoms with Gasteiger partial charge >= 0.3 is 0 Å². The van der Waals surface area contributed by atoms with Crippen LogP contribution in [0.2, 0.25) is 0 Å². The van der Waals surface area contributed by atoms with E-state index in [4.69, 9.17) is 0 Å². The third-order valence-corrected chi connectivity index (χ3v) is 2.49. The summed E-state index contributed by atoms with van der Waals surface area (Å²) in [6, 6.07) is 6.31. The number of rotatable bonds is 1. The largest absolute Gasteiger partial charge is 0.245 e. The molecular weight excluding hydrogens is 154 g/mol. The van der Waals surface area contributed by atoms with E-state index in [1.165, 1.54) is 10.3 Å². The van der Waals surface area contributed by atoms with Gasteiger partial charge in [-0.2, -0.15) is 0 Å². The number of thiazole rings is 1. The van der Waals surface area contributed by atoms with Crippen LogP contribution >= 0.6 is 11.3 Å². The molecule has 0 aliphatic rings. The van der Waals surface area contributed by atoms with Crippen molar-refractivity contribution in [2.75, 3.05) is 0 Å². The van der Waals surface area contributed by atoms with Crippen molar-refractivity contribution < 1.29 is 0 Å². The molecule has 55 valence electrons. The maximum atomic E-state index is 4.22. The first-order valence-corrected chi connectivity index (χ1v) is 4.39. The van der Waals surface area contributed by atoms with Crippen LogP contribution in [0.3, 0.4) is 0 Å². The van der Waals surface area contributed by atoms with Crippen LogP contribution in [0.15, 0.2) is 23.7 Å². The predicted molar refractivity (Wildman–Crippen MR) is 48.7 cm³/mol. The summed E-state index contributed by atoms with van der Waals surface area (Å²) in [6.07, 6.45) is 0.841. The minimum Gasteiger partial charge on any atom is -0.245 e. The van der Waals surface area contributed by atoms with Crippen LogP contribution in [0.4, 0.5) is 0 Å². The third-order valence-electron chi connectivity index (χ3n) is 1.68. The van der Waals surface area contributed by atoms with Crippen molar-refractivity contribution in [3.05, 3.63) is 36.2 Å². The van der Waals surface area contributed by atoms with Crippen molar-refractivity contribution in [3.8, 4) is 0 Å². The highest BCUT2D eigenvalue weighted by Crippen LogP contribution is 2.18. The van der Waals surface area contributed by atoms with E-state index in [2.05, 4.69) is 30.1 Å². The fraction of sp³-hybridized carbons (Fsp3) is 0.111. The van der Waals surface area contributed by atoms with Crippen LogP contribution in [0, 0.1) is 6.92 Å². The van der Waals surface area contributed by atoms with E-state index in [-0.39, 0.29) is 0 Å². The fourth-order valence-electron chi connectivity index (χ4n) is 1.06. The Balaban J connectivity index is 2.67. The molecule has 0 saturated heterocycles. The van der Waals surface area contributed by atoms with Gasteiger partial charge in [0.25, 0.3) is 0 Å². The molecule has 0 spiro atoms. The van der Waals surface area contributed by atoms with Crippen LogP contribution in [0.25, 0.3) is 10.2 Å². The van der Waals surface area contributed by atoms with Crippen molar-refractivity contribution in [3.63, 3.8) is 0 Å². The molecule has 1 aromatic carbocycles. The van der Waals surface area contributed by atoms with E-state index in [9.17, 15) is 0 Å². The molecule has 1 radical (unpaired) electrons. The van der Waals surface area contributed by atoms with Crippen molar-refractivity contribution in [2.45, 2.75) is 6.42 Å². The molecular formula is C9H8NS. The molecule has 0 unspecified atom stereocenters. The normalized spacial score (nSPS) is 10.6. The third kappa shape index (κ3) is 1.14. The second-order valence-corrected chi connectivity index (χ2v) is 3.29. The van der Waals surface area contributed by atoms with Gasteiger partial charge in [-0.3, -0.25) is 0 Å². The van der Waals surface area contributed by atoms with E-state index in [1.54, 1.807) is 11.3 Å². The molecule has 1 aromatic heterocycles. The number of hydrogen-bond donors (Lipinski definition) is 0. The van der Waals surface area contributed by atoms with Crippen LogP contribution in [-0.2, 0) is 6.42 Å². The zero-order valence-electron chi connectivity index (χ0n) is 6.08. The molecule has 0 N–H and O–H groups in total. The van der Waals surface area contributed by atoms with Crippen LogP contribution in [0.1, 0.15) is 5.56 Å². The Bertz CT molecular complexity index is 364. The Hall–Kier alpha value is -0.890. The maximum absolute atomic E-state index is 4.22. The fourth-order valence-corrected chi connectivity index (χ4v) is 1.72. The molecule has 0 aliphatic carbocycles. The molecule has 0 fully saturated rings. The van der Waals surface area contributed by atoms with Gasteiger partial charge in [-0.1, -0.05) is 6.07 Å². The summed E-state index contributed by atoms with van der Waals surface area (Å²) >= 11 is 1.67. The first kappa shape index (κ1) is 6.80. The van der Waals surface area contributed by atoms with E-state index < -0.39 is 0 Å². The van der Waals surface area contributed by atoms with Gasteiger partial charge in [0, 0.05) is 0 Å². The number of aromatic nitrogens is 1. The van der Waals surface area contributed by atoms with Crippen molar-refractivity contribution in [2.24, 2.45) is 0 Å². The van der Waals surface area contributed by atoms with Crippen LogP contribution < -0.4 is 0 Å². The highest BCUT2D eigenvalue weighted by Gasteiger charge is 1.95. The standard InChI is InChI=1S/C9H8NS/c1-2-7-3-4-9-8(5-7)10-6-11-9/h3-6H,1-2H2. The zero-order chi connectivity index (χ0) is 7.68. The summed E-state index contributed by atoms with van der Waals surface area (Å²) < 4.78 is 1.25. The van der Waals surface area contributed by atoms with E-state index in [1.807, 2.05) is 5.51 Å². The lowest BCUT2D eigenvalue weighted by molar-refractivity contribution is 1.28. The summed E-state index contributed by atoms with van der Waals surface area (Å²) in [5.41, 5.74) is 4.22. The first-order chi connectivity index (χ1) is 5.40. The van der Waals surface area contributed by atoms with E-state index >= 15 is 0 Å². The molecule has 0 aliphatic heterocycles. The van der Waals surface area contributed by atoms with Crippen molar-refractivity contribution in [1.82, 2.24) is 4.98 Å². The summed E-state index contributed by atoms with van der Waals surface area (Å²) in [5, 5.41) is 0. The SMILES string of the molecule is [CH2]Cc1ccc2scnc2c1. The summed E-state index contributed by atoms with van der Waals surface area (Å²) in [5.74, 6) is 0. The summed E-state index contributed by atoms with van der Waals surface area (Å²) in [6.45, 7) is 3.82. The maximum Gasteiger partial charge on any atom is 0.0814 e. The molecule has 2 aromatic rings. The minimum atomic E-state index is 0.841. The topological polar surface area (TPSA) is 12.9 Å². The molecule has 2 rings (SSSR count). The van der Waals surface area contributed by atoms with Gasteiger partial charge in [0.05, 0.1) is 15.7 Å². The number of benzene rings is 1. The second kappa shape index (κ2) is 2.62. The Labute approximate surface area is 69.7 Å². The average molecular weight is 162 g/mol. The molecule has 2 heteroatoms. The smallest absolute Gasteiger partial charge is 0.0814 e. The molecule has 1 nitrogen and oxygen atoms in total. The first-order valence-electron chi connectivity index (χ1n) is 3.51. The van der Waals surface area contributed by atoms with Gasteiger partial charge < -0.3 is 0 Å². The second-order valence-electron chi connectivity index (χ2n) is 2.40. The molecule has 0 saturated carbocycles. The highest BCUT2D eigenvalue weighted by molar-refractivity contribution is 7.16. The number of nitrogens with zero attached hydrogens (tertiary/aromatic N) is 1. The lowest BCUT2D eigenvalue weighted by Gasteiger charge is -1.93. The summed E-state index contributed by atoms with van der Waals surface area (Å²) in [7, 11) is 0. The lowest BCUT2D eigenvalue weighted by Crippen LogP contribution is -1.77. The van der Waals surface area contributed by atoms with Gasteiger partial charge in [-0.25, -0.2) is 4.98 Å². The number of hydrogen-bond acceptors (Lipinski definition) is 2. The van der Waals surface area contributed by atoms with Crippen LogP contribution in [0.5, 0.6) is 0 Å². The monoisotopic (exact) mass is 162 g/mol. The Morgan fingerprint density at radius 2 is 2.36 bits per heavy atom. The molecule has 1 heterocycles.